The molecule has 1 heterocycles. The summed E-state index contributed by atoms with van der Waals surface area (Å²) in [7, 11) is 1.36. The third kappa shape index (κ3) is 3.96. The van der Waals surface area contributed by atoms with Gasteiger partial charge in [-0.2, -0.15) is 13.6 Å². The SMILES string of the molecule is Cn1nnc(C(OC(F)(F)C(F)F)(c2ccccc2)C(N)c2ccc(F)cc2)n1. The summed E-state index contributed by atoms with van der Waals surface area (Å²) >= 11 is 0. The number of aryl methyl sites for hydroxylation is 1. The molecule has 154 valence electrons. The van der Waals surface area contributed by atoms with Crippen molar-refractivity contribution in [2.75, 3.05) is 0 Å². The fourth-order valence-electron chi connectivity index (χ4n) is 2.90. The van der Waals surface area contributed by atoms with Gasteiger partial charge >= 0.3 is 12.5 Å². The number of nitrogens with zero attached hydrogens (tertiary/aromatic N) is 4. The van der Waals surface area contributed by atoms with E-state index in [2.05, 4.69) is 15.4 Å². The molecule has 0 aliphatic rings. The third-order valence-electron chi connectivity index (χ3n) is 4.26. The van der Waals surface area contributed by atoms with Gasteiger partial charge in [0.25, 0.3) is 0 Å². The van der Waals surface area contributed by atoms with Crippen molar-refractivity contribution in [1.82, 2.24) is 20.2 Å². The van der Waals surface area contributed by atoms with Crippen molar-refractivity contribution in [2.45, 2.75) is 24.2 Å². The van der Waals surface area contributed by atoms with Crippen LogP contribution in [0.4, 0.5) is 22.0 Å². The van der Waals surface area contributed by atoms with Crippen molar-refractivity contribution >= 4 is 0 Å². The number of benzene rings is 2. The maximum Gasteiger partial charge on any atom is 0.417 e. The van der Waals surface area contributed by atoms with Crippen LogP contribution in [0.3, 0.4) is 0 Å². The molecular formula is C18H16F5N5O. The second-order valence-electron chi connectivity index (χ2n) is 6.20. The summed E-state index contributed by atoms with van der Waals surface area (Å²) < 4.78 is 72.6. The number of tetrazole rings is 1. The summed E-state index contributed by atoms with van der Waals surface area (Å²) in [6.45, 7) is 0. The number of halogens is 5. The maximum absolute atomic E-state index is 14.2. The largest absolute Gasteiger partial charge is 0.417 e. The smallest absolute Gasteiger partial charge is 0.321 e. The quantitative estimate of drug-likeness (QED) is 0.602. The van der Waals surface area contributed by atoms with E-state index >= 15 is 0 Å². The lowest BCUT2D eigenvalue weighted by atomic mass is 9.82. The lowest BCUT2D eigenvalue weighted by Gasteiger charge is -2.39. The van der Waals surface area contributed by atoms with Gasteiger partial charge in [0.1, 0.15) is 5.82 Å². The molecular weight excluding hydrogens is 397 g/mol. The number of ether oxygens (including phenoxy) is 1. The molecule has 29 heavy (non-hydrogen) atoms. The van der Waals surface area contributed by atoms with E-state index in [0.717, 1.165) is 16.9 Å². The lowest BCUT2D eigenvalue weighted by Crippen LogP contribution is -2.49. The Balaban J connectivity index is 2.28. The van der Waals surface area contributed by atoms with E-state index in [0.29, 0.717) is 0 Å². The Hall–Kier alpha value is -2.92. The molecule has 0 saturated carbocycles. The van der Waals surface area contributed by atoms with E-state index in [-0.39, 0.29) is 11.1 Å². The second-order valence-corrected chi connectivity index (χ2v) is 6.20. The number of alkyl halides is 4. The normalized spacial score (nSPS) is 15.3. The van der Waals surface area contributed by atoms with Crippen molar-refractivity contribution in [3.63, 3.8) is 0 Å². The monoisotopic (exact) mass is 413 g/mol. The van der Waals surface area contributed by atoms with Gasteiger partial charge in [-0.25, -0.2) is 13.2 Å². The molecule has 0 fully saturated rings. The predicted octanol–water partition coefficient (Wildman–Crippen LogP) is 3.17. The molecule has 3 aromatic rings. The highest BCUT2D eigenvalue weighted by molar-refractivity contribution is 5.36. The summed E-state index contributed by atoms with van der Waals surface area (Å²) in [5.41, 5.74) is 3.93. The molecule has 2 N–H and O–H groups in total. The minimum Gasteiger partial charge on any atom is -0.321 e. The predicted molar refractivity (Wildman–Crippen MR) is 91.4 cm³/mol. The molecule has 0 aliphatic carbocycles. The topological polar surface area (TPSA) is 78.8 Å². The van der Waals surface area contributed by atoms with Gasteiger partial charge in [-0.1, -0.05) is 42.5 Å². The Labute approximate surface area is 162 Å². The summed E-state index contributed by atoms with van der Waals surface area (Å²) in [5.74, 6) is -1.05. The van der Waals surface area contributed by atoms with E-state index < -0.39 is 35.8 Å². The Morgan fingerprint density at radius 1 is 1.03 bits per heavy atom. The van der Waals surface area contributed by atoms with E-state index in [1.807, 2.05) is 0 Å². The van der Waals surface area contributed by atoms with Gasteiger partial charge in [0.05, 0.1) is 13.1 Å². The first-order valence-corrected chi connectivity index (χ1v) is 8.34. The molecule has 6 nitrogen and oxygen atoms in total. The van der Waals surface area contributed by atoms with Crippen molar-refractivity contribution in [2.24, 2.45) is 12.8 Å². The highest BCUT2D eigenvalue weighted by Gasteiger charge is 2.56. The summed E-state index contributed by atoms with van der Waals surface area (Å²) in [6.07, 6.45) is -9.05. The Morgan fingerprint density at radius 2 is 1.66 bits per heavy atom. The Morgan fingerprint density at radius 3 is 2.17 bits per heavy atom. The van der Waals surface area contributed by atoms with Gasteiger partial charge in [0.2, 0.25) is 5.82 Å². The maximum atomic E-state index is 14.2. The number of aromatic nitrogens is 4. The summed E-state index contributed by atoms with van der Waals surface area (Å²) in [6, 6.07) is 10.4. The average Bonchev–Trinajstić information content (AvgIpc) is 3.13. The zero-order chi connectivity index (χ0) is 21.2. The average molecular weight is 413 g/mol. The molecule has 11 heteroatoms. The third-order valence-corrected chi connectivity index (χ3v) is 4.26. The van der Waals surface area contributed by atoms with Crippen LogP contribution in [0.25, 0.3) is 0 Å². The van der Waals surface area contributed by atoms with Crippen LogP contribution < -0.4 is 5.73 Å². The first-order valence-electron chi connectivity index (χ1n) is 8.34. The van der Waals surface area contributed by atoms with Gasteiger partial charge in [0.15, 0.2) is 5.60 Å². The summed E-state index contributed by atoms with van der Waals surface area (Å²) in [4.78, 5) is 0.953. The standard InChI is InChI=1S/C18H16F5N5O/c1-28-26-16(25-27-28)17(12-5-3-2-4-6-12,29-18(22,23)15(20)21)14(24)11-7-9-13(19)10-8-11/h2-10,14-15H,24H2,1H3. The van der Waals surface area contributed by atoms with Crippen LogP contribution in [0.2, 0.25) is 0 Å². The first kappa shape index (κ1) is 20.8. The molecule has 0 aliphatic heterocycles. The van der Waals surface area contributed by atoms with E-state index in [1.165, 1.54) is 43.4 Å². The van der Waals surface area contributed by atoms with Crippen LogP contribution in [0.5, 0.6) is 0 Å². The highest BCUT2D eigenvalue weighted by Crippen LogP contribution is 2.46. The van der Waals surface area contributed by atoms with Crippen LogP contribution in [0, 0.1) is 5.82 Å². The summed E-state index contributed by atoms with van der Waals surface area (Å²) in [5, 5.41) is 11.2. The van der Waals surface area contributed by atoms with Crippen LogP contribution in [0.1, 0.15) is 23.0 Å². The number of hydrogen-bond acceptors (Lipinski definition) is 5. The molecule has 0 bridgehead atoms. The highest BCUT2D eigenvalue weighted by atomic mass is 19.3. The number of hydrogen-bond donors (Lipinski definition) is 1. The molecule has 2 atom stereocenters. The van der Waals surface area contributed by atoms with E-state index in [9.17, 15) is 22.0 Å². The van der Waals surface area contributed by atoms with Crippen LogP contribution in [-0.2, 0) is 17.4 Å². The first-order chi connectivity index (χ1) is 13.7. The number of rotatable bonds is 7. The van der Waals surface area contributed by atoms with Crippen LogP contribution in [-0.4, -0.2) is 32.7 Å². The molecule has 1 aromatic heterocycles. The van der Waals surface area contributed by atoms with Crippen LogP contribution in [0.15, 0.2) is 54.6 Å². The fraction of sp³-hybridized carbons (Fsp3) is 0.278. The van der Waals surface area contributed by atoms with Crippen molar-refractivity contribution in [1.29, 1.82) is 0 Å². The molecule has 2 unspecified atom stereocenters. The van der Waals surface area contributed by atoms with E-state index in [4.69, 9.17) is 10.5 Å². The van der Waals surface area contributed by atoms with Crippen molar-refractivity contribution < 1.29 is 26.7 Å². The Bertz CT molecular complexity index is 951. The van der Waals surface area contributed by atoms with Crippen molar-refractivity contribution in [3.05, 3.63) is 77.4 Å². The fourth-order valence-corrected chi connectivity index (χ4v) is 2.90. The molecule has 0 spiro atoms. The molecule has 2 aromatic carbocycles. The Kier molecular flexibility index (Phi) is 5.62. The zero-order valence-corrected chi connectivity index (χ0v) is 15.0. The number of nitrogens with two attached hydrogens (primary N) is 1. The van der Waals surface area contributed by atoms with E-state index in [1.54, 1.807) is 6.07 Å². The van der Waals surface area contributed by atoms with Gasteiger partial charge < -0.3 is 5.73 Å². The van der Waals surface area contributed by atoms with Crippen molar-refractivity contribution in [3.8, 4) is 0 Å². The van der Waals surface area contributed by atoms with Gasteiger partial charge in [-0.05, 0) is 28.5 Å². The minimum absolute atomic E-state index is 0.00912. The zero-order valence-electron chi connectivity index (χ0n) is 15.0. The molecule has 0 amide bonds. The van der Waals surface area contributed by atoms with Crippen LogP contribution >= 0.6 is 0 Å². The molecule has 0 radical (unpaired) electrons. The van der Waals surface area contributed by atoms with Gasteiger partial charge in [-0.3, -0.25) is 4.74 Å². The second kappa shape index (κ2) is 7.84. The molecule has 3 rings (SSSR count). The van der Waals surface area contributed by atoms with Gasteiger partial charge in [0, 0.05) is 0 Å². The molecule has 0 saturated heterocycles. The minimum atomic E-state index is -4.90. The lowest BCUT2D eigenvalue weighted by molar-refractivity contribution is -0.344. The van der Waals surface area contributed by atoms with Gasteiger partial charge in [-0.15, -0.1) is 10.2 Å².